The first-order chi connectivity index (χ1) is 9.65. The van der Waals surface area contributed by atoms with Gasteiger partial charge in [-0.2, -0.15) is 5.10 Å². The lowest BCUT2D eigenvalue weighted by Gasteiger charge is -2.30. The van der Waals surface area contributed by atoms with Crippen LogP contribution < -0.4 is 11.1 Å². The van der Waals surface area contributed by atoms with Gasteiger partial charge in [0.15, 0.2) is 0 Å². The third-order valence-electron chi connectivity index (χ3n) is 4.36. The zero-order valence-corrected chi connectivity index (χ0v) is 12.5. The minimum Gasteiger partial charge on any atom is -0.369 e. The molecule has 0 radical (unpaired) electrons. The summed E-state index contributed by atoms with van der Waals surface area (Å²) in [6, 6.07) is 2.66. The van der Waals surface area contributed by atoms with Crippen molar-refractivity contribution >= 4 is 5.91 Å². The number of carbonyl (C=O) groups is 1. The summed E-state index contributed by atoms with van der Waals surface area (Å²) in [5.74, 6) is -0.260. The number of nitrogens with one attached hydrogen (secondary N) is 1. The number of amides is 1. The monoisotopic (exact) mass is 278 g/mol. The lowest BCUT2D eigenvalue weighted by Crippen LogP contribution is -2.48. The molecule has 1 amide bonds. The van der Waals surface area contributed by atoms with Crippen LogP contribution >= 0.6 is 0 Å². The molecule has 20 heavy (non-hydrogen) atoms. The molecule has 2 rings (SSSR count). The largest absolute Gasteiger partial charge is 0.369 e. The molecular formula is C15H26N4O. The van der Waals surface area contributed by atoms with Crippen LogP contribution in [-0.4, -0.2) is 28.3 Å². The van der Waals surface area contributed by atoms with Gasteiger partial charge >= 0.3 is 0 Å². The van der Waals surface area contributed by atoms with Crippen LogP contribution in [0.25, 0.3) is 0 Å². The van der Waals surface area contributed by atoms with E-state index in [1.54, 1.807) is 0 Å². The number of aromatic nitrogens is 2. The first kappa shape index (κ1) is 15.0. The van der Waals surface area contributed by atoms with Gasteiger partial charge in [-0.15, -0.1) is 0 Å². The Kier molecular flexibility index (Phi) is 5.17. The molecule has 1 aliphatic rings. The summed E-state index contributed by atoms with van der Waals surface area (Å²) < 4.78 is 2.05. The number of hydrogen-bond acceptors (Lipinski definition) is 3. The fourth-order valence-corrected chi connectivity index (χ4v) is 3.09. The molecule has 0 aromatic carbocycles. The molecule has 0 aliphatic carbocycles. The number of nitrogens with two attached hydrogens (primary N) is 1. The first-order valence-electron chi connectivity index (χ1n) is 7.72. The van der Waals surface area contributed by atoms with Crippen molar-refractivity contribution in [3.8, 4) is 0 Å². The molecular weight excluding hydrogens is 252 g/mol. The molecule has 0 spiro atoms. The highest BCUT2D eigenvalue weighted by molar-refractivity contribution is 5.77. The van der Waals surface area contributed by atoms with E-state index in [-0.39, 0.29) is 17.9 Å². The molecule has 112 valence electrons. The van der Waals surface area contributed by atoms with Crippen molar-refractivity contribution in [1.29, 1.82) is 0 Å². The average molecular weight is 278 g/mol. The van der Waals surface area contributed by atoms with E-state index >= 15 is 0 Å². The van der Waals surface area contributed by atoms with Gasteiger partial charge in [-0.05, 0) is 38.3 Å². The lowest BCUT2D eigenvalue weighted by molar-refractivity contribution is -0.123. The number of rotatable bonds is 6. The van der Waals surface area contributed by atoms with E-state index in [1.807, 2.05) is 0 Å². The van der Waals surface area contributed by atoms with Crippen molar-refractivity contribution in [3.05, 3.63) is 18.0 Å². The average Bonchev–Trinajstić information content (AvgIpc) is 2.89. The fourth-order valence-electron chi connectivity index (χ4n) is 3.09. The van der Waals surface area contributed by atoms with Crippen molar-refractivity contribution in [3.63, 3.8) is 0 Å². The van der Waals surface area contributed by atoms with Crippen LogP contribution in [0.15, 0.2) is 12.3 Å². The van der Waals surface area contributed by atoms with Crippen molar-refractivity contribution in [2.24, 2.45) is 11.7 Å². The first-order valence-corrected chi connectivity index (χ1v) is 7.72. The van der Waals surface area contributed by atoms with Crippen LogP contribution in [0, 0.1) is 5.92 Å². The van der Waals surface area contributed by atoms with Crippen LogP contribution in [0.4, 0.5) is 0 Å². The van der Waals surface area contributed by atoms with E-state index in [0.717, 1.165) is 44.3 Å². The summed E-state index contributed by atoms with van der Waals surface area (Å²) in [5.41, 5.74) is 6.55. The van der Waals surface area contributed by atoms with E-state index in [0.29, 0.717) is 6.04 Å². The van der Waals surface area contributed by atoms with Gasteiger partial charge in [-0.25, -0.2) is 0 Å². The molecule has 0 bridgehead atoms. The number of piperidine rings is 1. The topological polar surface area (TPSA) is 72.9 Å². The van der Waals surface area contributed by atoms with Crippen molar-refractivity contribution in [1.82, 2.24) is 15.1 Å². The van der Waals surface area contributed by atoms with Crippen molar-refractivity contribution < 1.29 is 4.79 Å². The third kappa shape index (κ3) is 3.39. The summed E-state index contributed by atoms with van der Waals surface area (Å²) in [6.45, 7) is 5.32. The summed E-state index contributed by atoms with van der Waals surface area (Å²) >= 11 is 0. The Balaban J connectivity index is 2.03. The van der Waals surface area contributed by atoms with Crippen molar-refractivity contribution in [2.75, 3.05) is 6.54 Å². The zero-order chi connectivity index (χ0) is 14.5. The SMILES string of the molecule is CCC(CC)n1ccc(CC2NCCCC2C(N)=O)n1. The van der Waals surface area contributed by atoms with Gasteiger partial charge in [0.1, 0.15) is 0 Å². The van der Waals surface area contributed by atoms with Gasteiger partial charge in [0.2, 0.25) is 5.91 Å². The quantitative estimate of drug-likeness (QED) is 0.831. The molecule has 2 heterocycles. The Hall–Kier alpha value is -1.36. The van der Waals surface area contributed by atoms with Gasteiger partial charge in [0.05, 0.1) is 17.7 Å². The highest BCUT2D eigenvalue weighted by Crippen LogP contribution is 2.20. The Bertz CT molecular complexity index is 439. The van der Waals surface area contributed by atoms with Crippen LogP contribution in [-0.2, 0) is 11.2 Å². The van der Waals surface area contributed by atoms with E-state index in [9.17, 15) is 4.79 Å². The van der Waals surface area contributed by atoms with Crippen LogP contribution in [0.1, 0.15) is 51.3 Å². The predicted octanol–water partition coefficient (Wildman–Crippen LogP) is 1.64. The number of carbonyl (C=O) groups excluding carboxylic acids is 1. The van der Waals surface area contributed by atoms with Gasteiger partial charge in [-0.1, -0.05) is 13.8 Å². The second-order valence-electron chi connectivity index (χ2n) is 5.67. The van der Waals surface area contributed by atoms with Crippen LogP contribution in [0.5, 0.6) is 0 Å². The molecule has 1 aromatic heterocycles. The molecule has 2 unspecified atom stereocenters. The maximum absolute atomic E-state index is 11.5. The van der Waals surface area contributed by atoms with Crippen LogP contribution in [0.3, 0.4) is 0 Å². The second kappa shape index (κ2) is 6.88. The number of primary amides is 1. The van der Waals surface area contributed by atoms with Crippen molar-refractivity contribution in [2.45, 2.75) is 58.0 Å². The molecule has 1 aromatic rings. The molecule has 1 fully saturated rings. The summed E-state index contributed by atoms with van der Waals surface area (Å²) in [7, 11) is 0. The molecule has 5 heteroatoms. The maximum Gasteiger partial charge on any atom is 0.222 e. The molecule has 1 aliphatic heterocycles. The third-order valence-corrected chi connectivity index (χ3v) is 4.36. The van der Waals surface area contributed by atoms with E-state index in [4.69, 9.17) is 5.73 Å². The van der Waals surface area contributed by atoms with Gasteiger partial charge in [-0.3, -0.25) is 9.48 Å². The molecule has 3 N–H and O–H groups in total. The second-order valence-corrected chi connectivity index (χ2v) is 5.67. The molecule has 1 saturated heterocycles. The van der Waals surface area contributed by atoms with Gasteiger partial charge < -0.3 is 11.1 Å². The van der Waals surface area contributed by atoms with E-state index < -0.39 is 0 Å². The van der Waals surface area contributed by atoms with Crippen LogP contribution in [0.2, 0.25) is 0 Å². The standard InChI is InChI=1S/C15H26N4O/c1-3-12(4-2)19-9-7-11(18-19)10-14-13(15(16)20)6-5-8-17-14/h7,9,12-14,17H,3-6,8,10H2,1-2H3,(H2,16,20). The number of nitrogens with zero attached hydrogens (tertiary/aromatic N) is 2. The van der Waals surface area contributed by atoms with Gasteiger partial charge in [0, 0.05) is 18.7 Å². The molecule has 0 saturated carbocycles. The normalized spacial score (nSPS) is 23.1. The molecule has 2 atom stereocenters. The number of hydrogen-bond donors (Lipinski definition) is 2. The summed E-state index contributed by atoms with van der Waals surface area (Å²) in [6.07, 6.45) is 6.91. The Morgan fingerprint density at radius 1 is 1.55 bits per heavy atom. The Labute approximate surface area is 120 Å². The lowest BCUT2D eigenvalue weighted by atomic mass is 9.87. The minimum absolute atomic E-state index is 0.0675. The zero-order valence-electron chi connectivity index (χ0n) is 12.5. The van der Waals surface area contributed by atoms with E-state index in [2.05, 4.69) is 41.2 Å². The van der Waals surface area contributed by atoms with E-state index in [1.165, 1.54) is 0 Å². The predicted molar refractivity (Wildman–Crippen MR) is 79.3 cm³/mol. The maximum atomic E-state index is 11.5. The van der Waals surface area contributed by atoms with Gasteiger partial charge in [0.25, 0.3) is 0 Å². The highest BCUT2D eigenvalue weighted by Gasteiger charge is 2.29. The minimum atomic E-state index is -0.193. The highest BCUT2D eigenvalue weighted by atomic mass is 16.1. The smallest absolute Gasteiger partial charge is 0.222 e. The molecule has 5 nitrogen and oxygen atoms in total. The fraction of sp³-hybridized carbons (Fsp3) is 0.733. The summed E-state index contributed by atoms with van der Waals surface area (Å²) in [4.78, 5) is 11.5. The Morgan fingerprint density at radius 2 is 2.30 bits per heavy atom. The Morgan fingerprint density at radius 3 is 2.95 bits per heavy atom. The summed E-state index contributed by atoms with van der Waals surface area (Å²) in [5, 5.41) is 8.08.